The number of carbonyl (C=O) groups excluding carboxylic acids is 3. The van der Waals surface area contributed by atoms with Gasteiger partial charge in [-0.05, 0) is 62.2 Å². The molecule has 0 bridgehead atoms. The second kappa shape index (κ2) is 5.64. The molecule has 26 heavy (non-hydrogen) atoms. The van der Waals surface area contributed by atoms with Crippen molar-refractivity contribution in [3.05, 3.63) is 0 Å². The molecule has 5 heteroatoms. The van der Waals surface area contributed by atoms with E-state index in [9.17, 15) is 19.5 Å². The summed E-state index contributed by atoms with van der Waals surface area (Å²) in [6.45, 7) is 5.56. The highest BCUT2D eigenvalue weighted by Crippen LogP contribution is 2.67. The molecule has 4 rings (SSSR count). The van der Waals surface area contributed by atoms with Crippen LogP contribution in [0.3, 0.4) is 0 Å². The molecular formula is C21H29ClO4. The van der Waals surface area contributed by atoms with Gasteiger partial charge in [0.2, 0.25) is 0 Å². The Labute approximate surface area is 160 Å². The molecule has 4 nitrogen and oxygen atoms in total. The van der Waals surface area contributed by atoms with Crippen molar-refractivity contribution in [1.82, 2.24) is 0 Å². The number of halogens is 1. The standard InChI is InChI=1S/C21H29ClO4/c1-11(23)21(26)9-6-13-12-4-5-14-18(22)15(24)7-8-19(14,2)17(12)16(25)10-20(13,21)3/h12-14,17-18,26H,4-10H2,1-3H3/t12-,13-,14-,17+,18+,19-,20-,21-/m0/s1. The molecule has 144 valence electrons. The number of hydrogen-bond donors (Lipinski definition) is 1. The summed E-state index contributed by atoms with van der Waals surface area (Å²) in [6.07, 6.45) is 4.42. The largest absolute Gasteiger partial charge is 0.381 e. The smallest absolute Gasteiger partial charge is 0.161 e. The van der Waals surface area contributed by atoms with Gasteiger partial charge in [0.1, 0.15) is 11.4 Å². The predicted octanol–water partition coefficient (Wildman–Crippen LogP) is 3.31. The van der Waals surface area contributed by atoms with Crippen LogP contribution in [0.25, 0.3) is 0 Å². The molecule has 4 aliphatic rings. The zero-order valence-electron chi connectivity index (χ0n) is 15.9. The Morgan fingerprint density at radius 3 is 2.42 bits per heavy atom. The topological polar surface area (TPSA) is 71.4 Å². The Kier molecular flexibility index (Phi) is 4.03. The summed E-state index contributed by atoms with van der Waals surface area (Å²) in [6, 6.07) is 0. The van der Waals surface area contributed by atoms with Crippen molar-refractivity contribution < 1.29 is 19.5 Å². The zero-order chi connectivity index (χ0) is 19.1. The van der Waals surface area contributed by atoms with Crippen LogP contribution in [0.1, 0.15) is 65.7 Å². The van der Waals surface area contributed by atoms with Gasteiger partial charge in [-0.3, -0.25) is 14.4 Å². The van der Waals surface area contributed by atoms with Gasteiger partial charge in [0.05, 0.1) is 5.38 Å². The Balaban J connectivity index is 1.73. The lowest BCUT2D eigenvalue weighted by molar-refractivity contribution is -0.176. The van der Waals surface area contributed by atoms with Crippen LogP contribution in [-0.4, -0.2) is 33.4 Å². The fourth-order valence-corrected chi connectivity index (χ4v) is 8.02. The molecule has 1 N–H and O–H groups in total. The van der Waals surface area contributed by atoms with Gasteiger partial charge in [-0.1, -0.05) is 13.8 Å². The minimum absolute atomic E-state index is 0.0630. The monoisotopic (exact) mass is 380 g/mol. The van der Waals surface area contributed by atoms with Gasteiger partial charge >= 0.3 is 0 Å². The summed E-state index contributed by atoms with van der Waals surface area (Å²) in [5.41, 5.74) is -2.28. The van der Waals surface area contributed by atoms with Crippen LogP contribution in [0.5, 0.6) is 0 Å². The van der Waals surface area contributed by atoms with Gasteiger partial charge < -0.3 is 5.11 Å². The molecular weight excluding hydrogens is 352 g/mol. The second-order valence-electron chi connectivity index (χ2n) is 9.82. The van der Waals surface area contributed by atoms with E-state index in [0.717, 1.165) is 25.7 Å². The second-order valence-corrected chi connectivity index (χ2v) is 10.3. The summed E-state index contributed by atoms with van der Waals surface area (Å²) in [5.74, 6) is 0.415. The van der Waals surface area contributed by atoms with Gasteiger partial charge in [0.15, 0.2) is 11.6 Å². The SMILES string of the molecule is CC(=O)[C@@]1(O)CC[C@H]2[C@@H]3CC[C@H]4[C@@H](Cl)C(=O)CC[C@]4(C)[C@H]3C(=O)C[C@@]21C. The van der Waals surface area contributed by atoms with E-state index in [1.807, 2.05) is 6.92 Å². The van der Waals surface area contributed by atoms with Gasteiger partial charge in [0.25, 0.3) is 0 Å². The molecule has 0 aromatic carbocycles. The molecule has 0 saturated heterocycles. The Morgan fingerprint density at radius 1 is 1.08 bits per heavy atom. The van der Waals surface area contributed by atoms with E-state index in [1.165, 1.54) is 6.92 Å². The highest BCUT2D eigenvalue weighted by molar-refractivity contribution is 6.31. The number of ketones is 3. The lowest BCUT2D eigenvalue weighted by Crippen LogP contribution is -2.62. The summed E-state index contributed by atoms with van der Waals surface area (Å²) in [7, 11) is 0. The van der Waals surface area contributed by atoms with Crippen LogP contribution in [0.2, 0.25) is 0 Å². The third-order valence-electron chi connectivity index (χ3n) is 8.94. The average Bonchev–Trinajstić information content (AvgIpc) is 2.83. The lowest BCUT2D eigenvalue weighted by Gasteiger charge is -2.60. The Bertz CT molecular complexity index is 689. The third-order valence-corrected chi connectivity index (χ3v) is 9.48. The molecule has 0 radical (unpaired) electrons. The predicted molar refractivity (Wildman–Crippen MR) is 97.8 cm³/mol. The number of Topliss-reactive ketones (excluding diaryl/α,β-unsaturated/α-hetero) is 3. The van der Waals surface area contributed by atoms with Crippen LogP contribution < -0.4 is 0 Å². The van der Waals surface area contributed by atoms with Crippen LogP contribution in [-0.2, 0) is 14.4 Å². The van der Waals surface area contributed by atoms with Crippen LogP contribution >= 0.6 is 11.6 Å². The van der Waals surface area contributed by atoms with Crippen LogP contribution in [0.4, 0.5) is 0 Å². The quantitative estimate of drug-likeness (QED) is 0.708. The molecule has 4 fully saturated rings. The van der Waals surface area contributed by atoms with Gasteiger partial charge in [-0.15, -0.1) is 11.6 Å². The Hall–Kier alpha value is -0.740. The van der Waals surface area contributed by atoms with Gasteiger partial charge in [-0.2, -0.15) is 0 Å². The fraction of sp³-hybridized carbons (Fsp3) is 0.857. The molecule has 0 aromatic heterocycles. The molecule has 0 unspecified atom stereocenters. The molecule has 0 heterocycles. The van der Waals surface area contributed by atoms with Crippen molar-refractivity contribution in [2.75, 3.05) is 0 Å². The van der Waals surface area contributed by atoms with Crippen molar-refractivity contribution in [3.8, 4) is 0 Å². The first kappa shape index (κ1) is 18.6. The molecule has 4 aliphatic carbocycles. The highest BCUT2D eigenvalue weighted by Gasteiger charge is 2.69. The zero-order valence-corrected chi connectivity index (χ0v) is 16.6. The summed E-state index contributed by atoms with van der Waals surface area (Å²) in [4.78, 5) is 37.8. The molecule has 4 saturated carbocycles. The van der Waals surface area contributed by atoms with E-state index in [-0.39, 0.29) is 52.9 Å². The van der Waals surface area contributed by atoms with Crippen molar-refractivity contribution in [3.63, 3.8) is 0 Å². The Morgan fingerprint density at radius 2 is 1.77 bits per heavy atom. The maximum atomic E-state index is 13.4. The van der Waals surface area contributed by atoms with Crippen LogP contribution in [0.15, 0.2) is 0 Å². The van der Waals surface area contributed by atoms with E-state index in [0.29, 0.717) is 12.8 Å². The molecule has 0 amide bonds. The third kappa shape index (κ3) is 2.09. The van der Waals surface area contributed by atoms with E-state index >= 15 is 0 Å². The van der Waals surface area contributed by atoms with E-state index in [2.05, 4.69) is 6.92 Å². The van der Waals surface area contributed by atoms with E-state index < -0.39 is 16.4 Å². The molecule has 8 atom stereocenters. The summed E-state index contributed by atoms with van der Waals surface area (Å²) < 4.78 is 0. The van der Waals surface area contributed by atoms with E-state index in [1.54, 1.807) is 0 Å². The molecule has 0 aliphatic heterocycles. The minimum atomic E-state index is -1.38. The van der Waals surface area contributed by atoms with Crippen LogP contribution in [0, 0.1) is 34.5 Å². The number of alkyl halides is 1. The summed E-state index contributed by atoms with van der Waals surface area (Å²) in [5, 5.41) is 10.7. The number of aliphatic hydroxyl groups is 1. The van der Waals surface area contributed by atoms with Gasteiger partial charge in [0, 0.05) is 24.2 Å². The van der Waals surface area contributed by atoms with E-state index in [4.69, 9.17) is 11.6 Å². The molecule has 0 aromatic rings. The van der Waals surface area contributed by atoms with Gasteiger partial charge in [-0.25, -0.2) is 0 Å². The number of hydrogen-bond acceptors (Lipinski definition) is 4. The van der Waals surface area contributed by atoms with Crippen molar-refractivity contribution >= 4 is 29.0 Å². The lowest BCUT2D eigenvalue weighted by atomic mass is 9.44. The summed E-state index contributed by atoms with van der Waals surface area (Å²) >= 11 is 6.49. The van der Waals surface area contributed by atoms with Crippen molar-refractivity contribution in [1.29, 1.82) is 0 Å². The number of fused-ring (bicyclic) bond motifs is 5. The maximum absolute atomic E-state index is 13.4. The average molecular weight is 381 g/mol. The number of carbonyl (C=O) groups is 3. The first-order valence-electron chi connectivity index (χ1n) is 9.99. The molecule has 0 spiro atoms. The maximum Gasteiger partial charge on any atom is 0.161 e. The van der Waals surface area contributed by atoms with Crippen molar-refractivity contribution in [2.45, 2.75) is 76.7 Å². The first-order valence-corrected chi connectivity index (χ1v) is 10.4. The number of rotatable bonds is 1. The minimum Gasteiger partial charge on any atom is -0.381 e. The first-order chi connectivity index (χ1) is 12.1. The highest BCUT2D eigenvalue weighted by atomic mass is 35.5. The van der Waals surface area contributed by atoms with Crippen molar-refractivity contribution in [2.24, 2.45) is 34.5 Å². The normalized spacial score (nSPS) is 53.7. The fourth-order valence-electron chi connectivity index (χ4n) is 7.49.